The highest BCUT2D eigenvalue weighted by molar-refractivity contribution is 7.91. The van der Waals surface area contributed by atoms with Crippen LogP contribution in [0.2, 0.25) is 5.02 Å². The number of carbonyl (C=O) groups excluding carboxylic acids is 2. The molecule has 10 heteroatoms. The Morgan fingerprint density at radius 1 is 1.05 bits per heavy atom. The van der Waals surface area contributed by atoms with Gasteiger partial charge in [-0.05, 0) is 101 Å². The first-order valence-electron chi connectivity index (χ1n) is 14.3. The average molecular weight is 642 g/mol. The predicted molar refractivity (Wildman–Crippen MR) is 171 cm³/mol. The summed E-state index contributed by atoms with van der Waals surface area (Å²) in [6, 6.07) is 17.8. The van der Waals surface area contributed by atoms with E-state index in [-0.39, 0.29) is 22.9 Å². The van der Waals surface area contributed by atoms with Gasteiger partial charge in [-0.15, -0.1) is 0 Å². The lowest BCUT2D eigenvalue weighted by molar-refractivity contribution is -0.137. The second-order valence-electron chi connectivity index (χ2n) is 11.5. The summed E-state index contributed by atoms with van der Waals surface area (Å²) in [5, 5.41) is 11.4. The summed E-state index contributed by atoms with van der Waals surface area (Å²) in [6.45, 7) is 10.9. The number of ether oxygens (including phenoxy) is 2. The molecule has 3 rings (SSSR count). The number of benzene rings is 3. The van der Waals surface area contributed by atoms with E-state index >= 15 is 0 Å². The fourth-order valence-corrected chi connectivity index (χ4v) is 6.17. The van der Waals surface area contributed by atoms with Gasteiger partial charge in [0.05, 0.1) is 29.0 Å². The van der Waals surface area contributed by atoms with Gasteiger partial charge in [-0.3, -0.25) is 0 Å². The zero-order valence-electron chi connectivity index (χ0n) is 25.9. The molecule has 2 atom stereocenters. The van der Waals surface area contributed by atoms with Crippen LogP contribution in [0.1, 0.15) is 63.0 Å². The van der Waals surface area contributed by atoms with Crippen LogP contribution in [0.3, 0.4) is 0 Å². The van der Waals surface area contributed by atoms with Crippen molar-refractivity contribution in [2.24, 2.45) is 0 Å². The highest BCUT2D eigenvalue weighted by Gasteiger charge is 2.29. The Balaban J connectivity index is 1.85. The molecule has 0 aliphatic heterocycles. The number of aryl methyl sites for hydroxylation is 1. The van der Waals surface area contributed by atoms with Crippen molar-refractivity contribution in [3.8, 4) is 0 Å². The fraction of sp³-hybridized carbons (Fsp3) is 0.353. The maximum Gasteiger partial charge on any atom is 0.410 e. The molecule has 0 radical (unpaired) electrons. The summed E-state index contributed by atoms with van der Waals surface area (Å²) in [5.41, 5.74) is 1.83. The molecule has 0 aliphatic rings. The van der Waals surface area contributed by atoms with Gasteiger partial charge in [0.25, 0.3) is 0 Å². The van der Waals surface area contributed by atoms with Gasteiger partial charge in [0.2, 0.25) is 9.84 Å². The minimum Gasteiger partial charge on any atom is -0.463 e. The number of hydrogen-bond acceptors (Lipinski definition) is 7. The molecular formula is C34H40ClNO7S. The van der Waals surface area contributed by atoms with Crippen LogP contribution in [0.15, 0.2) is 82.6 Å². The SMILES string of the molecule is CCOC(=O)/C=C\c1cc(C)ccc1S(=O)(=O)c1ccc(C[C@@H](C)N(C[C@H](O)c2cccc(Cl)c2)C(=O)OC(C)(C)C)cc1. The van der Waals surface area contributed by atoms with Crippen molar-refractivity contribution >= 4 is 39.6 Å². The Labute approximate surface area is 265 Å². The van der Waals surface area contributed by atoms with Crippen molar-refractivity contribution in [1.82, 2.24) is 4.90 Å². The minimum absolute atomic E-state index is 0.0294. The molecule has 8 nitrogen and oxygen atoms in total. The number of aliphatic hydroxyl groups is 1. The van der Waals surface area contributed by atoms with E-state index in [9.17, 15) is 23.1 Å². The second-order valence-corrected chi connectivity index (χ2v) is 13.9. The first-order chi connectivity index (χ1) is 20.6. The number of halogens is 1. The van der Waals surface area contributed by atoms with E-state index in [2.05, 4.69) is 0 Å². The molecule has 0 heterocycles. The monoisotopic (exact) mass is 641 g/mol. The van der Waals surface area contributed by atoms with Crippen molar-refractivity contribution < 1.29 is 32.6 Å². The molecule has 1 amide bonds. The summed E-state index contributed by atoms with van der Waals surface area (Å²) in [6.07, 6.45) is 1.45. The van der Waals surface area contributed by atoms with Crippen molar-refractivity contribution in [2.75, 3.05) is 13.2 Å². The van der Waals surface area contributed by atoms with E-state index in [1.807, 2.05) is 13.8 Å². The number of hydrogen-bond donors (Lipinski definition) is 1. The lowest BCUT2D eigenvalue weighted by Gasteiger charge is -2.33. The third kappa shape index (κ3) is 9.67. The van der Waals surface area contributed by atoms with E-state index in [0.29, 0.717) is 22.6 Å². The summed E-state index contributed by atoms with van der Waals surface area (Å²) in [7, 11) is -3.92. The summed E-state index contributed by atoms with van der Waals surface area (Å²) >= 11 is 6.10. The molecule has 0 unspecified atom stereocenters. The Hall–Kier alpha value is -3.66. The van der Waals surface area contributed by atoms with E-state index < -0.39 is 39.6 Å². The lowest BCUT2D eigenvalue weighted by atomic mass is 10.0. The van der Waals surface area contributed by atoms with Gasteiger partial charge >= 0.3 is 12.1 Å². The van der Waals surface area contributed by atoms with Gasteiger partial charge in [0, 0.05) is 17.1 Å². The van der Waals surface area contributed by atoms with Gasteiger partial charge in [-0.1, -0.05) is 53.6 Å². The van der Waals surface area contributed by atoms with E-state index in [1.54, 1.807) is 76.2 Å². The van der Waals surface area contributed by atoms with Gasteiger partial charge in [-0.25, -0.2) is 18.0 Å². The number of sulfone groups is 1. The van der Waals surface area contributed by atoms with Crippen LogP contribution >= 0.6 is 11.6 Å². The summed E-state index contributed by atoms with van der Waals surface area (Å²) < 4.78 is 37.8. The average Bonchev–Trinajstić information content (AvgIpc) is 2.94. The standard InChI is InChI=1S/C34H40ClNO7S/c1-7-42-32(38)18-14-27-19-23(2)11-17-31(27)44(40,41)29-15-12-25(13-16-29)20-24(3)36(33(39)43-34(4,5)6)22-30(37)26-9-8-10-28(35)21-26/h8-19,21,24,30,37H,7,20,22H2,1-6H3/b18-14-/t24-,30+/m1/s1. The van der Waals surface area contributed by atoms with Crippen molar-refractivity contribution in [3.63, 3.8) is 0 Å². The molecule has 0 fully saturated rings. The van der Waals surface area contributed by atoms with E-state index in [4.69, 9.17) is 21.1 Å². The quantitative estimate of drug-likeness (QED) is 0.178. The Kier molecular flexibility index (Phi) is 11.8. The molecule has 3 aromatic rings. The Morgan fingerprint density at radius 2 is 1.73 bits per heavy atom. The van der Waals surface area contributed by atoms with Crippen LogP contribution in [-0.2, 0) is 30.5 Å². The lowest BCUT2D eigenvalue weighted by Crippen LogP contribution is -2.45. The van der Waals surface area contributed by atoms with Crippen molar-refractivity contribution in [3.05, 3.63) is 100 Å². The number of carbonyl (C=O) groups is 2. The van der Waals surface area contributed by atoms with Crippen LogP contribution in [-0.4, -0.2) is 55.3 Å². The zero-order chi connectivity index (χ0) is 32.7. The Morgan fingerprint density at radius 3 is 2.34 bits per heavy atom. The normalized spacial score (nSPS) is 13.4. The molecule has 0 aliphatic carbocycles. The van der Waals surface area contributed by atoms with Gasteiger partial charge < -0.3 is 19.5 Å². The first-order valence-corrected chi connectivity index (χ1v) is 16.2. The van der Waals surface area contributed by atoms with Crippen molar-refractivity contribution in [1.29, 1.82) is 0 Å². The van der Waals surface area contributed by atoms with Gasteiger partial charge in [-0.2, -0.15) is 0 Å². The van der Waals surface area contributed by atoms with E-state index in [0.717, 1.165) is 11.1 Å². The molecule has 0 aromatic heterocycles. The zero-order valence-corrected chi connectivity index (χ0v) is 27.5. The molecule has 0 saturated carbocycles. The number of nitrogens with zero attached hydrogens (tertiary/aromatic N) is 1. The number of aliphatic hydroxyl groups excluding tert-OH is 1. The molecule has 0 spiro atoms. The van der Waals surface area contributed by atoms with Crippen LogP contribution in [0, 0.1) is 6.92 Å². The topological polar surface area (TPSA) is 110 Å². The number of rotatable bonds is 11. The molecular weight excluding hydrogens is 602 g/mol. The highest BCUT2D eigenvalue weighted by Crippen LogP contribution is 2.28. The van der Waals surface area contributed by atoms with Crippen LogP contribution in [0.5, 0.6) is 0 Å². The van der Waals surface area contributed by atoms with E-state index in [1.165, 1.54) is 35.3 Å². The highest BCUT2D eigenvalue weighted by atomic mass is 35.5. The third-order valence-electron chi connectivity index (χ3n) is 6.67. The predicted octanol–water partition coefficient (Wildman–Crippen LogP) is 6.96. The number of amides is 1. The first kappa shape index (κ1) is 34.8. The molecule has 0 bridgehead atoms. The van der Waals surface area contributed by atoms with Gasteiger partial charge in [0.15, 0.2) is 0 Å². The molecule has 0 saturated heterocycles. The minimum atomic E-state index is -3.92. The third-order valence-corrected chi connectivity index (χ3v) is 8.75. The van der Waals surface area contributed by atoms with Crippen LogP contribution in [0.25, 0.3) is 6.08 Å². The molecule has 1 N–H and O–H groups in total. The van der Waals surface area contributed by atoms with Crippen molar-refractivity contribution in [2.45, 2.75) is 75.5 Å². The Bertz CT molecular complexity index is 1590. The summed E-state index contributed by atoms with van der Waals surface area (Å²) in [4.78, 5) is 26.7. The second kappa shape index (κ2) is 14.9. The van der Waals surface area contributed by atoms with Crippen LogP contribution < -0.4 is 0 Å². The molecule has 44 heavy (non-hydrogen) atoms. The summed E-state index contributed by atoms with van der Waals surface area (Å²) in [5.74, 6) is -0.559. The van der Waals surface area contributed by atoms with Gasteiger partial charge in [0.1, 0.15) is 5.60 Å². The fourth-order valence-electron chi connectivity index (χ4n) is 4.53. The number of esters is 1. The van der Waals surface area contributed by atoms with Crippen LogP contribution in [0.4, 0.5) is 4.79 Å². The molecule has 3 aromatic carbocycles. The molecule has 236 valence electrons. The largest absolute Gasteiger partial charge is 0.463 e. The smallest absolute Gasteiger partial charge is 0.410 e. The maximum atomic E-state index is 13.6. The maximum absolute atomic E-state index is 13.6.